The lowest BCUT2D eigenvalue weighted by Gasteiger charge is -2.30. The van der Waals surface area contributed by atoms with Gasteiger partial charge in [0.15, 0.2) is 11.5 Å². The minimum Gasteiger partial charge on any atom is -0.486 e. The molecule has 2 aromatic rings. The molecule has 7 nitrogen and oxygen atoms in total. The van der Waals surface area contributed by atoms with Gasteiger partial charge < -0.3 is 14.8 Å². The maximum Gasteiger partial charge on any atom is 0.416 e. The molecule has 11 heteroatoms. The number of nitrogens with zero attached hydrogens (tertiary/aromatic N) is 1. The van der Waals surface area contributed by atoms with Crippen LogP contribution in [-0.4, -0.2) is 39.8 Å². The van der Waals surface area contributed by atoms with Crippen molar-refractivity contribution in [1.29, 1.82) is 0 Å². The smallest absolute Gasteiger partial charge is 0.416 e. The molecule has 0 unspecified atom stereocenters. The summed E-state index contributed by atoms with van der Waals surface area (Å²) >= 11 is 0. The Kier molecular flexibility index (Phi) is 6.59. The van der Waals surface area contributed by atoms with E-state index in [1.807, 2.05) is 0 Å². The predicted octanol–water partition coefficient (Wildman–Crippen LogP) is 3.51. The first kappa shape index (κ1) is 23.7. The maximum atomic E-state index is 13.1. The van der Waals surface area contributed by atoms with Crippen LogP contribution in [0.4, 0.5) is 18.9 Å². The molecule has 0 spiro atoms. The van der Waals surface area contributed by atoms with Gasteiger partial charge in [0.2, 0.25) is 15.9 Å². The van der Waals surface area contributed by atoms with E-state index >= 15 is 0 Å². The summed E-state index contributed by atoms with van der Waals surface area (Å²) in [7, 11) is -4.07. The summed E-state index contributed by atoms with van der Waals surface area (Å²) in [6.45, 7) is 3.85. The van der Waals surface area contributed by atoms with E-state index in [1.54, 1.807) is 25.1 Å². The molecule has 3 rings (SSSR count). The molecule has 0 bridgehead atoms. The predicted molar refractivity (Wildman–Crippen MR) is 112 cm³/mol. The third kappa shape index (κ3) is 5.26. The van der Waals surface area contributed by atoms with Gasteiger partial charge in [-0.15, -0.1) is 0 Å². The molecule has 0 saturated carbocycles. The Balaban J connectivity index is 1.83. The van der Waals surface area contributed by atoms with Crippen LogP contribution in [0.15, 0.2) is 42.5 Å². The molecule has 0 saturated heterocycles. The fraction of sp³-hybridized carbons (Fsp3) is 0.381. The van der Waals surface area contributed by atoms with E-state index in [4.69, 9.17) is 9.47 Å². The van der Waals surface area contributed by atoms with Crippen LogP contribution >= 0.6 is 0 Å². The molecule has 1 aliphatic heterocycles. The number of hydrogen-bond acceptors (Lipinski definition) is 5. The number of nitrogens with one attached hydrogen (secondary N) is 1. The van der Waals surface area contributed by atoms with E-state index in [0.717, 1.165) is 18.4 Å². The highest BCUT2D eigenvalue weighted by Gasteiger charge is 2.34. The zero-order valence-electron chi connectivity index (χ0n) is 17.6. The Labute approximate surface area is 184 Å². The number of alkyl halides is 3. The summed E-state index contributed by atoms with van der Waals surface area (Å²) in [6, 6.07) is 7.19. The van der Waals surface area contributed by atoms with Crippen LogP contribution < -0.4 is 19.1 Å². The average Bonchev–Trinajstić information content (AvgIpc) is 2.72. The van der Waals surface area contributed by atoms with Crippen molar-refractivity contribution >= 4 is 21.6 Å². The van der Waals surface area contributed by atoms with Crippen LogP contribution in [0.3, 0.4) is 0 Å². The number of fused-ring (bicyclic) bond motifs is 1. The number of carbonyl (C=O) groups excluding carboxylic acids is 1. The Morgan fingerprint density at radius 2 is 1.72 bits per heavy atom. The van der Waals surface area contributed by atoms with E-state index in [1.165, 1.54) is 13.0 Å². The molecule has 0 radical (unpaired) electrons. The third-order valence-corrected chi connectivity index (χ3v) is 6.18. The van der Waals surface area contributed by atoms with Crippen molar-refractivity contribution in [2.24, 2.45) is 0 Å². The number of benzene rings is 2. The number of halogens is 3. The van der Waals surface area contributed by atoms with Crippen LogP contribution in [0, 0.1) is 0 Å². The van der Waals surface area contributed by atoms with Gasteiger partial charge >= 0.3 is 6.18 Å². The van der Waals surface area contributed by atoms with Crippen molar-refractivity contribution in [3.8, 4) is 11.5 Å². The molecule has 0 fully saturated rings. The van der Waals surface area contributed by atoms with Gasteiger partial charge in [0.25, 0.3) is 0 Å². The SMILES string of the molecule is C[C@@H](NC(=O)[C@H](C)N(c1cccc(C(F)(F)F)c1)S(C)(=O)=O)c1ccc2c(c1)OCCO2. The standard InChI is InChI=1S/C21H23F3N2O5S/c1-13(15-7-8-18-19(11-15)31-10-9-30-18)25-20(27)14(2)26(32(3,28)29)17-6-4-5-16(12-17)21(22,23)24/h4-8,11-14H,9-10H2,1-3H3,(H,25,27)/t13-,14+/m1/s1. The van der Waals surface area contributed by atoms with E-state index in [-0.39, 0.29) is 5.69 Å². The summed E-state index contributed by atoms with van der Waals surface area (Å²) in [5.74, 6) is 0.444. The molecule has 1 aliphatic rings. The summed E-state index contributed by atoms with van der Waals surface area (Å²) in [5, 5.41) is 2.71. The van der Waals surface area contributed by atoms with Crippen molar-refractivity contribution < 1.29 is 35.9 Å². The monoisotopic (exact) mass is 472 g/mol. The molecule has 32 heavy (non-hydrogen) atoms. The average molecular weight is 472 g/mol. The minimum absolute atomic E-state index is 0.253. The highest BCUT2D eigenvalue weighted by molar-refractivity contribution is 7.92. The molecule has 174 valence electrons. The molecule has 0 aromatic heterocycles. The topological polar surface area (TPSA) is 84.9 Å². The zero-order chi connectivity index (χ0) is 23.7. The van der Waals surface area contributed by atoms with Gasteiger partial charge in [-0.1, -0.05) is 12.1 Å². The van der Waals surface area contributed by atoms with Crippen molar-refractivity contribution in [3.63, 3.8) is 0 Å². The van der Waals surface area contributed by atoms with Crippen LogP contribution in [-0.2, 0) is 21.0 Å². The zero-order valence-corrected chi connectivity index (χ0v) is 18.5. The summed E-state index contributed by atoms with van der Waals surface area (Å²) in [6.07, 6.45) is -3.82. The molecule has 1 heterocycles. The fourth-order valence-corrected chi connectivity index (χ4v) is 4.54. The third-order valence-electron chi connectivity index (χ3n) is 4.94. The lowest BCUT2D eigenvalue weighted by molar-refractivity contribution is -0.137. The number of ether oxygens (including phenoxy) is 2. The molecule has 0 aliphatic carbocycles. The summed E-state index contributed by atoms with van der Waals surface area (Å²) < 4.78 is 75.7. The van der Waals surface area contributed by atoms with Crippen LogP contribution in [0.2, 0.25) is 0 Å². The van der Waals surface area contributed by atoms with Gasteiger partial charge in [-0.05, 0) is 49.7 Å². The number of hydrogen-bond donors (Lipinski definition) is 1. The first-order valence-corrected chi connectivity index (χ1v) is 11.6. The second kappa shape index (κ2) is 8.89. The van der Waals surface area contributed by atoms with Gasteiger partial charge in [-0.2, -0.15) is 13.2 Å². The van der Waals surface area contributed by atoms with Crippen molar-refractivity contribution in [3.05, 3.63) is 53.6 Å². The summed E-state index contributed by atoms with van der Waals surface area (Å²) in [4.78, 5) is 12.9. The summed E-state index contributed by atoms with van der Waals surface area (Å²) in [5.41, 5.74) is -0.572. The molecule has 1 amide bonds. The van der Waals surface area contributed by atoms with Crippen molar-refractivity contribution in [1.82, 2.24) is 5.32 Å². The van der Waals surface area contributed by atoms with Crippen LogP contribution in [0.1, 0.15) is 31.0 Å². The van der Waals surface area contributed by atoms with Crippen LogP contribution in [0.5, 0.6) is 11.5 Å². The normalized spacial score (nSPS) is 15.6. The molecule has 2 aromatic carbocycles. The van der Waals surface area contributed by atoms with Crippen molar-refractivity contribution in [2.45, 2.75) is 32.1 Å². The van der Waals surface area contributed by atoms with E-state index in [2.05, 4.69) is 5.32 Å². The highest BCUT2D eigenvalue weighted by atomic mass is 32.2. The van der Waals surface area contributed by atoms with Gasteiger partial charge in [-0.3, -0.25) is 9.10 Å². The molecular weight excluding hydrogens is 449 g/mol. The number of amides is 1. The van der Waals surface area contributed by atoms with E-state index in [9.17, 15) is 26.4 Å². The Morgan fingerprint density at radius 1 is 1.06 bits per heavy atom. The van der Waals surface area contributed by atoms with E-state index < -0.39 is 39.8 Å². The number of anilines is 1. The first-order valence-electron chi connectivity index (χ1n) is 9.74. The highest BCUT2D eigenvalue weighted by Crippen LogP contribution is 2.34. The van der Waals surface area contributed by atoms with Gasteiger partial charge in [0, 0.05) is 0 Å². The Hall–Kier alpha value is -2.95. The maximum absolute atomic E-state index is 13.1. The lowest BCUT2D eigenvalue weighted by atomic mass is 10.1. The Morgan fingerprint density at radius 3 is 2.34 bits per heavy atom. The molecule has 2 atom stereocenters. The van der Waals surface area contributed by atoms with E-state index in [0.29, 0.717) is 40.6 Å². The number of rotatable bonds is 6. The van der Waals surface area contributed by atoms with Gasteiger partial charge in [-0.25, -0.2) is 8.42 Å². The molecular formula is C21H23F3N2O5S. The quantitative estimate of drug-likeness (QED) is 0.696. The fourth-order valence-electron chi connectivity index (χ4n) is 3.37. The molecule has 1 N–H and O–H groups in total. The van der Waals surface area contributed by atoms with Crippen LogP contribution in [0.25, 0.3) is 0 Å². The van der Waals surface area contributed by atoms with Gasteiger partial charge in [0.1, 0.15) is 19.3 Å². The largest absolute Gasteiger partial charge is 0.486 e. The first-order chi connectivity index (χ1) is 14.9. The van der Waals surface area contributed by atoms with Crippen molar-refractivity contribution in [2.75, 3.05) is 23.8 Å². The number of carbonyl (C=O) groups is 1. The number of sulfonamides is 1. The second-order valence-electron chi connectivity index (χ2n) is 7.42. The minimum atomic E-state index is -4.66. The Bertz CT molecular complexity index is 1100. The lowest BCUT2D eigenvalue weighted by Crippen LogP contribution is -2.48. The van der Waals surface area contributed by atoms with Gasteiger partial charge in [0.05, 0.1) is 23.5 Å². The second-order valence-corrected chi connectivity index (χ2v) is 9.28.